The predicted molar refractivity (Wildman–Crippen MR) is 111 cm³/mol. The molecule has 0 fully saturated rings. The van der Waals surface area contributed by atoms with E-state index in [0.717, 1.165) is 16.5 Å². The number of aromatic hydroxyl groups is 1. The third-order valence-corrected chi connectivity index (χ3v) is 7.10. The number of anilines is 2. The molecule has 2 N–H and O–H groups in total. The van der Waals surface area contributed by atoms with Crippen LogP contribution in [0.3, 0.4) is 0 Å². The monoisotopic (exact) mass is 401 g/mol. The number of nitrogens with zero attached hydrogens (tertiary/aromatic N) is 2. The van der Waals surface area contributed by atoms with Crippen LogP contribution in [-0.4, -0.2) is 24.3 Å². The quantitative estimate of drug-likeness (QED) is 0.525. The minimum atomic E-state index is -3.31. The molecule has 6 nitrogen and oxygen atoms in total. The predicted octanol–water partition coefficient (Wildman–Crippen LogP) is 4.04. The molecule has 0 saturated carbocycles. The van der Waals surface area contributed by atoms with Crippen LogP contribution in [0.5, 0.6) is 5.75 Å². The van der Waals surface area contributed by atoms with Crippen LogP contribution < -0.4 is 5.32 Å². The zero-order valence-electron chi connectivity index (χ0n) is 15.2. The molecule has 1 aliphatic rings. The Balaban J connectivity index is 1.74. The van der Waals surface area contributed by atoms with Gasteiger partial charge in [-0.3, -0.25) is 4.98 Å². The highest BCUT2D eigenvalue weighted by Gasteiger charge is 2.29. The normalized spacial score (nSPS) is 14.6. The Bertz CT molecular complexity index is 1470. The summed E-state index contributed by atoms with van der Waals surface area (Å²) in [5, 5.41) is 25.2. The fraction of sp³-hybridized carbons (Fsp3) is 0.0909. The maximum absolute atomic E-state index is 12.4. The molecule has 4 aromatic rings. The van der Waals surface area contributed by atoms with Crippen LogP contribution in [0.1, 0.15) is 11.1 Å². The van der Waals surface area contributed by atoms with Crippen molar-refractivity contribution in [1.82, 2.24) is 4.98 Å². The van der Waals surface area contributed by atoms with Gasteiger partial charge in [-0.2, -0.15) is 5.26 Å². The molecule has 5 rings (SSSR count). The van der Waals surface area contributed by atoms with Crippen LogP contribution in [0.25, 0.3) is 21.7 Å². The number of benzene rings is 3. The van der Waals surface area contributed by atoms with Gasteiger partial charge in [0.25, 0.3) is 0 Å². The minimum absolute atomic E-state index is 0.0624. The second-order valence-corrected chi connectivity index (χ2v) is 9.08. The van der Waals surface area contributed by atoms with E-state index in [9.17, 15) is 18.8 Å². The van der Waals surface area contributed by atoms with Crippen LogP contribution in [0.2, 0.25) is 0 Å². The number of aryl methyl sites for hydroxylation is 1. The summed E-state index contributed by atoms with van der Waals surface area (Å²) in [6.07, 6.45) is 1.89. The average Bonchev–Trinajstić information content (AvgIpc) is 3.03. The Hall–Kier alpha value is -3.63. The number of sulfone groups is 1. The standard InChI is InChI=1S/C22H15N3O3S/c23-11-14-12-24-18-6-7-20-17(8-9-29(20,27)28)21(18)22(14)25-15-4-5-16-13(10-15)2-1-3-19(16)26/h1-7,10,12,26H,8-9H2,(H,24,25). The first-order chi connectivity index (χ1) is 14.0. The first kappa shape index (κ1) is 17.5. The highest BCUT2D eigenvalue weighted by atomic mass is 32.2. The number of phenols is 1. The van der Waals surface area contributed by atoms with Crippen LogP contribution in [0, 0.1) is 11.3 Å². The molecule has 2 heterocycles. The van der Waals surface area contributed by atoms with Crippen molar-refractivity contribution in [1.29, 1.82) is 5.26 Å². The maximum Gasteiger partial charge on any atom is 0.179 e. The van der Waals surface area contributed by atoms with E-state index in [1.54, 1.807) is 30.3 Å². The third kappa shape index (κ3) is 2.69. The Morgan fingerprint density at radius 2 is 2.00 bits per heavy atom. The average molecular weight is 401 g/mol. The number of nitriles is 1. The number of hydrogen-bond donors (Lipinski definition) is 2. The molecule has 1 aromatic heterocycles. The van der Waals surface area contributed by atoms with E-state index in [2.05, 4.69) is 16.4 Å². The topological polar surface area (TPSA) is 103 Å². The van der Waals surface area contributed by atoms with E-state index in [1.165, 1.54) is 6.20 Å². The molecule has 0 spiro atoms. The molecular weight excluding hydrogens is 386 g/mol. The van der Waals surface area contributed by atoms with Gasteiger partial charge in [-0.1, -0.05) is 12.1 Å². The summed E-state index contributed by atoms with van der Waals surface area (Å²) in [5.74, 6) is 0.261. The van der Waals surface area contributed by atoms with Crippen molar-refractivity contribution in [2.24, 2.45) is 0 Å². The highest BCUT2D eigenvalue weighted by molar-refractivity contribution is 7.91. The van der Waals surface area contributed by atoms with E-state index in [0.29, 0.717) is 39.0 Å². The summed E-state index contributed by atoms with van der Waals surface area (Å²) in [7, 11) is -3.31. The van der Waals surface area contributed by atoms with Gasteiger partial charge in [0.15, 0.2) is 9.84 Å². The van der Waals surface area contributed by atoms with Gasteiger partial charge in [0.1, 0.15) is 11.8 Å². The number of hydrogen-bond acceptors (Lipinski definition) is 6. The summed E-state index contributed by atoms with van der Waals surface area (Å²) >= 11 is 0. The molecule has 1 aliphatic heterocycles. The molecule has 0 unspecified atom stereocenters. The van der Waals surface area contributed by atoms with Crippen molar-refractivity contribution in [3.63, 3.8) is 0 Å². The van der Waals surface area contributed by atoms with E-state index >= 15 is 0 Å². The van der Waals surface area contributed by atoms with Gasteiger partial charge in [0.05, 0.1) is 27.4 Å². The van der Waals surface area contributed by atoms with Gasteiger partial charge in [0, 0.05) is 22.7 Å². The van der Waals surface area contributed by atoms with Gasteiger partial charge < -0.3 is 10.4 Å². The van der Waals surface area contributed by atoms with Crippen molar-refractivity contribution in [3.05, 3.63) is 65.9 Å². The van der Waals surface area contributed by atoms with Gasteiger partial charge >= 0.3 is 0 Å². The zero-order valence-corrected chi connectivity index (χ0v) is 16.0. The summed E-state index contributed by atoms with van der Waals surface area (Å²) in [4.78, 5) is 4.66. The van der Waals surface area contributed by atoms with Crippen molar-refractivity contribution in [2.75, 3.05) is 11.1 Å². The first-order valence-corrected chi connectivity index (χ1v) is 10.7. The Kier molecular flexibility index (Phi) is 3.73. The van der Waals surface area contributed by atoms with E-state index < -0.39 is 9.84 Å². The zero-order chi connectivity index (χ0) is 20.2. The van der Waals surface area contributed by atoms with E-state index in [-0.39, 0.29) is 11.5 Å². The summed E-state index contributed by atoms with van der Waals surface area (Å²) in [5.41, 5.74) is 2.96. The van der Waals surface area contributed by atoms with Gasteiger partial charge in [-0.25, -0.2) is 8.42 Å². The van der Waals surface area contributed by atoms with Gasteiger partial charge in [0.2, 0.25) is 0 Å². The third-order valence-electron chi connectivity index (χ3n) is 5.30. The van der Waals surface area contributed by atoms with Crippen molar-refractivity contribution in [3.8, 4) is 11.8 Å². The summed E-state index contributed by atoms with van der Waals surface area (Å²) in [6.45, 7) is 0. The van der Waals surface area contributed by atoms with Crippen LogP contribution in [-0.2, 0) is 16.3 Å². The summed E-state index contributed by atoms with van der Waals surface area (Å²) in [6, 6.07) is 16.2. The Morgan fingerprint density at radius 1 is 1.14 bits per heavy atom. The van der Waals surface area contributed by atoms with Crippen molar-refractivity contribution < 1.29 is 13.5 Å². The lowest BCUT2D eigenvalue weighted by molar-refractivity contribution is 0.481. The second kappa shape index (κ2) is 6.19. The lowest BCUT2D eigenvalue weighted by Gasteiger charge is -2.14. The number of nitrogens with one attached hydrogen (secondary N) is 1. The number of fused-ring (bicyclic) bond motifs is 4. The Morgan fingerprint density at radius 3 is 2.83 bits per heavy atom. The molecule has 0 saturated heterocycles. The fourth-order valence-electron chi connectivity index (χ4n) is 3.93. The fourth-order valence-corrected chi connectivity index (χ4v) is 5.47. The number of pyridine rings is 1. The van der Waals surface area contributed by atoms with Crippen LogP contribution in [0.15, 0.2) is 59.6 Å². The van der Waals surface area contributed by atoms with Crippen LogP contribution >= 0.6 is 0 Å². The molecular formula is C22H15N3O3S. The van der Waals surface area contributed by atoms with Gasteiger partial charge in [-0.05, 0) is 53.8 Å². The molecule has 142 valence electrons. The maximum atomic E-state index is 12.4. The van der Waals surface area contributed by atoms with Gasteiger partial charge in [-0.15, -0.1) is 0 Å². The van der Waals surface area contributed by atoms with Crippen molar-refractivity contribution >= 4 is 42.9 Å². The lowest BCUT2D eigenvalue weighted by Crippen LogP contribution is -2.00. The molecule has 0 aliphatic carbocycles. The number of aromatic nitrogens is 1. The SMILES string of the molecule is N#Cc1cnc2ccc3c(c2c1Nc1ccc2c(O)cccc2c1)CCS3(=O)=O. The molecule has 0 bridgehead atoms. The lowest BCUT2D eigenvalue weighted by atomic mass is 10.0. The number of rotatable bonds is 2. The van der Waals surface area contributed by atoms with E-state index in [1.807, 2.05) is 18.2 Å². The molecule has 3 aromatic carbocycles. The molecule has 0 atom stereocenters. The smallest absolute Gasteiger partial charge is 0.179 e. The first-order valence-electron chi connectivity index (χ1n) is 9.04. The minimum Gasteiger partial charge on any atom is -0.507 e. The molecule has 0 amide bonds. The number of phenolic OH excluding ortho intramolecular Hbond substituents is 1. The second-order valence-electron chi connectivity index (χ2n) is 7.00. The summed E-state index contributed by atoms with van der Waals surface area (Å²) < 4.78 is 24.7. The van der Waals surface area contributed by atoms with E-state index in [4.69, 9.17) is 0 Å². The Labute approximate surface area is 167 Å². The molecule has 7 heteroatoms. The highest BCUT2D eigenvalue weighted by Crippen LogP contribution is 2.38. The van der Waals surface area contributed by atoms with Crippen molar-refractivity contribution in [2.45, 2.75) is 11.3 Å². The largest absolute Gasteiger partial charge is 0.507 e. The molecule has 29 heavy (non-hydrogen) atoms. The molecule has 0 radical (unpaired) electrons. The van der Waals surface area contributed by atoms with Crippen LogP contribution in [0.4, 0.5) is 11.4 Å².